The van der Waals surface area contributed by atoms with Gasteiger partial charge in [-0.15, -0.1) is 11.3 Å². The maximum atomic E-state index is 12.6. The van der Waals surface area contributed by atoms with E-state index in [1.807, 2.05) is 17.5 Å². The van der Waals surface area contributed by atoms with Gasteiger partial charge >= 0.3 is 0 Å². The van der Waals surface area contributed by atoms with E-state index in [0.717, 1.165) is 30.0 Å². The molecule has 0 spiro atoms. The van der Waals surface area contributed by atoms with Gasteiger partial charge < -0.3 is 14.2 Å². The number of anilines is 1. The van der Waals surface area contributed by atoms with Gasteiger partial charge in [-0.25, -0.2) is 4.98 Å². The first-order valence-electron chi connectivity index (χ1n) is 8.19. The lowest BCUT2D eigenvalue weighted by molar-refractivity contribution is 0.102. The number of thiazole rings is 1. The summed E-state index contributed by atoms with van der Waals surface area (Å²) in [6.07, 6.45) is 0.915. The Balaban J connectivity index is 1.38. The van der Waals surface area contributed by atoms with Gasteiger partial charge in [-0.05, 0) is 35.9 Å². The number of aromatic nitrogens is 1. The molecule has 3 heterocycles. The highest BCUT2D eigenvalue weighted by molar-refractivity contribution is 7.14. The third-order valence-electron chi connectivity index (χ3n) is 4.35. The molecule has 0 fully saturated rings. The molecule has 2 aliphatic rings. The van der Waals surface area contributed by atoms with Crippen LogP contribution in [0.2, 0.25) is 0 Å². The van der Waals surface area contributed by atoms with E-state index in [4.69, 9.17) is 14.2 Å². The Morgan fingerprint density at radius 1 is 1.12 bits per heavy atom. The fourth-order valence-corrected chi connectivity index (χ4v) is 3.80. The van der Waals surface area contributed by atoms with Crippen molar-refractivity contribution in [2.75, 3.05) is 18.7 Å². The number of para-hydroxylation sites is 1. The zero-order chi connectivity index (χ0) is 17.5. The quantitative estimate of drug-likeness (QED) is 0.765. The lowest BCUT2D eigenvalue weighted by Crippen LogP contribution is -2.12. The van der Waals surface area contributed by atoms with Crippen molar-refractivity contribution in [2.24, 2.45) is 0 Å². The van der Waals surface area contributed by atoms with Crippen LogP contribution in [0.1, 0.15) is 15.9 Å². The molecule has 0 aliphatic carbocycles. The van der Waals surface area contributed by atoms with Crippen LogP contribution in [0.5, 0.6) is 17.2 Å². The van der Waals surface area contributed by atoms with E-state index in [9.17, 15) is 4.79 Å². The van der Waals surface area contributed by atoms with Crippen LogP contribution in [0.4, 0.5) is 5.13 Å². The van der Waals surface area contributed by atoms with Gasteiger partial charge in [0.05, 0.1) is 17.9 Å². The van der Waals surface area contributed by atoms with Crippen molar-refractivity contribution in [1.29, 1.82) is 0 Å². The second kappa shape index (κ2) is 6.03. The molecular weight excluding hydrogens is 352 g/mol. The Hall–Kier alpha value is -3.06. The highest BCUT2D eigenvalue weighted by Gasteiger charge is 2.22. The molecule has 0 saturated carbocycles. The summed E-state index contributed by atoms with van der Waals surface area (Å²) in [5.41, 5.74) is 3.48. The molecule has 6 nitrogen and oxygen atoms in total. The Labute approximate surface area is 153 Å². The van der Waals surface area contributed by atoms with Gasteiger partial charge in [-0.2, -0.15) is 0 Å². The van der Waals surface area contributed by atoms with Crippen LogP contribution < -0.4 is 19.5 Å². The summed E-state index contributed by atoms with van der Waals surface area (Å²) in [4.78, 5) is 17.1. The van der Waals surface area contributed by atoms with Gasteiger partial charge in [-0.1, -0.05) is 6.07 Å². The Morgan fingerprint density at radius 3 is 3.04 bits per heavy atom. The van der Waals surface area contributed by atoms with E-state index in [-0.39, 0.29) is 12.7 Å². The van der Waals surface area contributed by atoms with E-state index in [1.54, 1.807) is 18.2 Å². The maximum Gasteiger partial charge on any atom is 0.261 e. The number of carbonyl (C=O) groups excluding carboxylic acids is 1. The van der Waals surface area contributed by atoms with Gasteiger partial charge in [0.1, 0.15) is 5.75 Å². The van der Waals surface area contributed by atoms with Crippen molar-refractivity contribution < 1.29 is 19.0 Å². The second-order valence-electron chi connectivity index (χ2n) is 5.95. The molecule has 2 aliphatic heterocycles. The number of benzene rings is 2. The molecule has 5 rings (SSSR count). The molecule has 26 heavy (non-hydrogen) atoms. The second-order valence-corrected chi connectivity index (χ2v) is 6.81. The van der Waals surface area contributed by atoms with Crippen LogP contribution in [-0.2, 0) is 6.42 Å². The molecule has 0 atom stereocenters. The lowest BCUT2D eigenvalue weighted by atomic mass is 10.1. The van der Waals surface area contributed by atoms with Crippen molar-refractivity contribution in [3.8, 4) is 28.5 Å². The number of hydrogen-bond acceptors (Lipinski definition) is 6. The van der Waals surface area contributed by atoms with Gasteiger partial charge in [0.15, 0.2) is 16.6 Å². The highest BCUT2D eigenvalue weighted by Crippen LogP contribution is 2.36. The minimum Gasteiger partial charge on any atom is -0.493 e. The van der Waals surface area contributed by atoms with Gasteiger partial charge in [-0.3, -0.25) is 10.1 Å². The van der Waals surface area contributed by atoms with Gasteiger partial charge in [0.25, 0.3) is 5.91 Å². The molecule has 0 unspecified atom stereocenters. The summed E-state index contributed by atoms with van der Waals surface area (Å²) in [5, 5.41) is 5.31. The van der Waals surface area contributed by atoms with E-state index in [0.29, 0.717) is 22.2 Å². The monoisotopic (exact) mass is 366 g/mol. The van der Waals surface area contributed by atoms with Crippen LogP contribution >= 0.6 is 11.3 Å². The average molecular weight is 366 g/mol. The third kappa shape index (κ3) is 2.57. The summed E-state index contributed by atoms with van der Waals surface area (Å²) in [6, 6.07) is 11.3. The number of ether oxygens (including phenoxy) is 3. The van der Waals surface area contributed by atoms with Crippen molar-refractivity contribution >= 4 is 22.4 Å². The van der Waals surface area contributed by atoms with Crippen molar-refractivity contribution in [2.45, 2.75) is 6.42 Å². The maximum absolute atomic E-state index is 12.6. The zero-order valence-electron chi connectivity index (χ0n) is 13.7. The number of fused-ring (bicyclic) bond motifs is 2. The SMILES string of the molecule is O=C(Nc1nc(-c2ccc3c(c2)CCO3)cs1)c1cccc2c1OCO2. The fraction of sp³-hybridized carbons (Fsp3) is 0.158. The number of amides is 1. The van der Waals surface area contributed by atoms with Crippen molar-refractivity contribution in [1.82, 2.24) is 4.98 Å². The first kappa shape index (κ1) is 15.2. The van der Waals surface area contributed by atoms with E-state index < -0.39 is 0 Å². The Kier molecular flexibility index (Phi) is 3.53. The Bertz CT molecular complexity index is 1010. The number of nitrogens with one attached hydrogen (secondary N) is 1. The van der Waals surface area contributed by atoms with E-state index in [2.05, 4.69) is 16.4 Å². The van der Waals surface area contributed by atoms with Crippen LogP contribution in [0.15, 0.2) is 41.8 Å². The zero-order valence-corrected chi connectivity index (χ0v) is 14.5. The van der Waals surface area contributed by atoms with Crippen molar-refractivity contribution in [3.63, 3.8) is 0 Å². The third-order valence-corrected chi connectivity index (χ3v) is 5.11. The lowest BCUT2D eigenvalue weighted by Gasteiger charge is -2.05. The largest absolute Gasteiger partial charge is 0.493 e. The molecule has 0 saturated heterocycles. The minimum atomic E-state index is -0.268. The number of nitrogens with zero attached hydrogens (tertiary/aromatic N) is 1. The van der Waals surface area contributed by atoms with Crippen LogP contribution in [-0.4, -0.2) is 24.3 Å². The number of hydrogen-bond donors (Lipinski definition) is 1. The highest BCUT2D eigenvalue weighted by atomic mass is 32.1. The summed E-state index contributed by atoms with van der Waals surface area (Å²) >= 11 is 1.39. The predicted molar refractivity (Wildman–Crippen MR) is 97.3 cm³/mol. The topological polar surface area (TPSA) is 69.7 Å². The van der Waals surface area contributed by atoms with Crippen molar-refractivity contribution in [3.05, 3.63) is 52.9 Å². The molecule has 3 aromatic rings. The molecule has 2 aromatic carbocycles. The molecule has 0 bridgehead atoms. The van der Waals surface area contributed by atoms with Crippen LogP contribution in [0, 0.1) is 0 Å². The normalized spacial score (nSPS) is 14.0. The minimum absolute atomic E-state index is 0.128. The molecule has 1 aromatic heterocycles. The molecule has 130 valence electrons. The molecule has 7 heteroatoms. The first-order chi connectivity index (χ1) is 12.8. The summed E-state index contributed by atoms with van der Waals surface area (Å²) in [7, 11) is 0. The Morgan fingerprint density at radius 2 is 2.08 bits per heavy atom. The van der Waals surface area contributed by atoms with Crippen LogP contribution in [0.25, 0.3) is 11.3 Å². The first-order valence-corrected chi connectivity index (χ1v) is 9.07. The summed E-state index contributed by atoms with van der Waals surface area (Å²) in [5.74, 6) is 1.73. The van der Waals surface area contributed by atoms with E-state index >= 15 is 0 Å². The molecular formula is C19H14N2O4S. The summed E-state index contributed by atoms with van der Waals surface area (Å²) < 4.78 is 16.2. The average Bonchev–Trinajstić information content (AvgIpc) is 3.40. The molecule has 1 N–H and O–H groups in total. The number of rotatable bonds is 3. The number of carbonyl (C=O) groups is 1. The molecule has 1 amide bonds. The molecule has 0 radical (unpaired) electrons. The van der Waals surface area contributed by atoms with Crippen LogP contribution in [0.3, 0.4) is 0 Å². The predicted octanol–water partition coefficient (Wildman–Crippen LogP) is 3.73. The summed E-state index contributed by atoms with van der Waals surface area (Å²) in [6.45, 7) is 0.855. The van der Waals surface area contributed by atoms with Gasteiger partial charge in [0.2, 0.25) is 6.79 Å². The standard InChI is InChI=1S/C19H14N2O4S/c22-18(13-2-1-3-16-17(13)25-10-24-16)21-19-20-14(9-26-19)11-4-5-15-12(8-11)6-7-23-15/h1-5,8-9H,6-7,10H2,(H,20,21,22). The van der Waals surface area contributed by atoms with Gasteiger partial charge in [0, 0.05) is 17.4 Å². The smallest absolute Gasteiger partial charge is 0.261 e. The fourth-order valence-electron chi connectivity index (χ4n) is 3.08. The van der Waals surface area contributed by atoms with E-state index in [1.165, 1.54) is 16.9 Å².